The van der Waals surface area contributed by atoms with Crippen LogP contribution in [0.4, 0.5) is 0 Å². The van der Waals surface area contributed by atoms with E-state index in [4.69, 9.17) is 11.6 Å². The molecule has 0 aromatic carbocycles. The number of Topliss-reactive ketones (excluding diaryl/α,β-unsaturated/α-hetero) is 1. The summed E-state index contributed by atoms with van der Waals surface area (Å²) in [7, 11) is 0. The van der Waals surface area contributed by atoms with Gasteiger partial charge in [-0.2, -0.15) is 0 Å². The van der Waals surface area contributed by atoms with Gasteiger partial charge in [0.25, 0.3) is 0 Å². The van der Waals surface area contributed by atoms with Crippen LogP contribution >= 0.6 is 11.6 Å². The number of esters is 1. The van der Waals surface area contributed by atoms with Crippen LogP contribution in [0.5, 0.6) is 0 Å². The van der Waals surface area contributed by atoms with Gasteiger partial charge in [-0.3, -0.25) is 9.59 Å². The average molecular weight is 372 g/mol. The summed E-state index contributed by atoms with van der Waals surface area (Å²) >= 11 is 5.14. The van der Waals surface area contributed by atoms with Gasteiger partial charge >= 0.3 is 5.97 Å². The van der Waals surface area contributed by atoms with Gasteiger partial charge in [-0.1, -0.05) is 0 Å². The van der Waals surface area contributed by atoms with E-state index in [0.29, 0.717) is 6.61 Å². The fraction of sp³-hybridized carbons (Fsp3) is 0.667. The maximum absolute atomic E-state index is 10.5. The van der Waals surface area contributed by atoms with Gasteiger partial charge in [-0.05, 0) is 6.92 Å². The van der Waals surface area contributed by atoms with Crippen LogP contribution in [0.3, 0.4) is 0 Å². The monoisotopic (exact) mass is 372 g/mol. The number of halogens is 1. The predicted octanol–water partition coefficient (Wildman–Crippen LogP) is 0.367. The molecule has 0 aliphatic heterocycles. The van der Waals surface area contributed by atoms with Crippen LogP contribution in [-0.4, -0.2) is 51.5 Å². The van der Waals surface area contributed by atoms with Crippen molar-refractivity contribution in [1.29, 1.82) is 0 Å². The zero-order valence-corrected chi connectivity index (χ0v) is 10.9. The normalized spacial score (nSPS) is 8.18. The summed E-state index contributed by atoms with van der Waals surface area (Å²) in [6.45, 7) is 1.98. The maximum atomic E-state index is 10.5. The first-order valence-corrected chi connectivity index (χ1v) is 3.47. The molecule has 5 heteroatoms. The summed E-state index contributed by atoms with van der Waals surface area (Å²) < 4.78 is 4.50. The molecule has 0 aromatic heterocycles. The van der Waals surface area contributed by atoms with Crippen LogP contribution in [0.1, 0.15) is 13.3 Å². The molecule has 4 radical (unpaired) electrons. The molecule has 0 saturated carbocycles. The molecular weight excluding hydrogens is 363 g/mol. The Bertz CT molecular complexity index is 138. The second-order valence-corrected chi connectivity index (χ2v) is 1.92. The Morgan fingerprint density at radius 3 is 2.36 bits per heavy atom. The summed E-state index contributed by atoms with van der Waals surface area (Å²) in [5.74, 6) is -0.938. The molecule has 0 unspecified atom stereocenters. The number of carbonyl (C=O) groups excluding carboxylic acids is 2. The van der Waals surface area contributed by atoms with Gasteiger partial charge in [-0.15, -0.1) is 11.6 Å². The van der Waals surface area contributed by atoms with Gasteiger partial charge < -0.3 is 4.74 Å². The van der Waals surface area contributed by atoms with Crippen LogP contribution in [0.15, 0.2) is 0 Å². The fourth-order valence-corrected chi connectivity index (χ4v) is 0.515. The van der Waals surface area contributed by atoms with Gasteiger partial charge in [0.2, 0.25) is 0 Å². The molecular formula is C6H9ClO3Pb. The van der Waals surface area contributed by atoms with E-state index in [9.17, 15) is 9.59 Å². The second kappa shape index (κ2) is 8.45. The smallest absolute Gasteiger partial charge is 0.313 e. The van der Waals surface area contributed by atoms with Gasteiger partial charge in [0.1, 0.15) is 6.42 Å². The van der Waals surface area contributed by atoms with Gasteiger partial charge in [0, 0.05) is 27.3 Å². The third-order valence-electron chi connectivity index (χ3n) is 0.796. The Morgan fingerprint density at radius 1 is 1.45 bits per heavy atom. The Kier molecular flexibility index (Phi) is 10.7. The first kappa shape index (κ1) is 13.9. The molecule has 3 nitrogen and oxygen atoms in total. The van der Waals surface area contributed by atoms with Crippen molar-refractivity contribution in [3.05, 3.63) is 0 Å². The minimum Gasteiger partial charge on any atom is -0.466 e. The molecule has 62 valence electrons. The fourth-order valence-electron chi connectivity index (χ4n) is 0.420. The average Bonchev–Trinajstić information content (AvgIpc) is 1.88. The van der Waals surface area contributed by atoms with E-state index in [0.717, 1.165) is 0 Å². The first-order chi connectivity index (χ1) is 4.70. The van der Waals surface area contributed by atoms with E-state index < -0.39 is 5.97 Å². The van der Waals surface area contributed by atoms with Crippen molar-refractivity contribution in [3.63, 3.8) is 0 Å². The minimum absolute atomic E-state index is 0. The Hall–Kier alpha value is 0.352. The SMILES string of the molecule is CCOC(=O)CC(=O)CCl.[Pb]. The molecule has 11 heavy (non-hydrogen) atoms. The van der Waals surface area contributed by atoms with E-state index in [1.807, 2.05) is 0 Å². The molecule has 0 aliphatic rings. The van der Waals surface area contributed by atoms with E-state index in [1.54, 1.807) is 6.92 Å². The number of alkyl halides is 1. The summed E-state index contributed by atoms with van der Waals surface area (Å²) in [4.78, 5) is 21.0. The van der Waals surface area contributed by atoms with Gasteiger partial charge in [0.15, 0.2) is 5.78 Å². The molecule has 0 bridgehead atoms. The van der Waals surface area contributed by atoms with E-state index in [2.05, 4.69) is 4.74 Å². The zero-order chi connectivity index (χ0) is 7.98. The maximum Gasteiger partial charge on any atom is 0.313 e. The summed E-state index contributed by atoms with van der Waals surface area (Å²) in [5.41, 5.74) is 0. The summed E-state index contributed by atoms with van der Waals surface area (Å²) in [6.07, 6.45) is -0.211. The third kappa shape index (κ3) is 8.26. The summed E-state index contributed by atoms with van der Waals surface area (Å²) in [6, 6.07) is 0. The zero-order valence-electron chi connectivity index (χ0n) is 6.22. The van der Waals surface area contributed by atoms with Crippen molar-refractivity contribution in [3.8, 4) is 0 Å². The van der Waals surface area contributed by atoms with Crippen LogP contribution < -0.4 is 0 Å². The third-order valence-corrected chi connectivity index (χ3v) is 1.09. The quantitative estimate of drug-likeness (QED) is 0.310. The molecule has 0 saturated heterocycles. The molecule has 0 fully saturated rings. The first-order valence-electron chi connectivity index (χ1n) is 2.94. The van der Waals surface area contributed by atoms with E-state index >= 15 is 0 Å². The van der Waals surface area contributed by atoms with Crippen LogP contribution in [0.25, 0.3) is 0 Å². The number of rotatable bonds is 4. The van der Waals surface area contributed by atoms with Gasteiger partial charge in [0.05, 0.1) is 12.5 Å². The molecule has 0 rings (SSSR count). The largest absolute Gasteiger partial charge is 0.466 e. The molecule has 0 spiro atoms. The van der Waals surface area contributed by atoms with E-state index in [-0.39, 0.29) is 45.4 Å². The van der Waals surface area contributed by atoms with Crippen molar-refractivity contribution in [2.75, 3.05) is 12.5 Å². The second-order valence-electron chi connectivity index (χ2n) is 1.65. The van der Waals surface area contributed by atoms with Crippen molar-refractivity contribution in [2.24, 2.45) is 0 Å². The van der Waals surface area contributed by atoms with Crippen LogP contribution in [0, 0.1) is 0 Å². The molecule has 0 amide bonds. The Labute approximate surface area is 90.6 Å². The predicted molar refractivity (Wildman–Crippen MR) is 42.7 cm³/mol. The van der Waals surface area contributed by atoms with Crippen molar-refractivity contribution in [2.45, 2.75) is 13.3 Å². The van der Waals surface area contributed by atoms with Crippen LogP contribution in [0.2, 0.25) is 0 Å². The van der Waals surface area contributed by atoms with Gasteiger partial charge in [-0.25, -0.2) is 0 Å². The standard InChI is InChI=1S/C6H9ClO3.Pb/c1-2-10-6(9)3-5(8)4-7;/h2-4H2,1H3;. The number of hydrogen-bond acceptors (Lipinski definition) is 3. The number of hydrogen-bond donors (Lipinski definition) is 0. The number of ketones is 1. The Morgan fingerprint density at radius 2 is 2.00 bits per heavy atom. The summed E-state index contributed by atoms with van der Waals surface area (Å²) in [5, 5.41) is 0. The van der Waals surface area contributed by atoms with Crippen molar-refractivity contribution in [1.82, 2.24) is 0 Å². The minimum atomic E-state index is -0.506. The molecule has 0 aromatic rings. The van der Waals surface area contributed by atoms with Crippen LogP contribution in [-0.2, 0) is 14.3 Å². The molecule has 0 N–H and O–H groups in total. The number of carbonyl (C=O) groups is 2. The van der Waals surface area contributed by atoms with Crippen molar-refractivity contribution >= 4 is 50.7 Å². The Balaban J connectivity index is 0. The topological polar surface area (TPSA) is 43.4 Å². The molecule has 0 aliphatic carbocycles. The van der Waals surface area contributed by atoms with E-state index in [1.165, 1.54) is 0 Å². The van der Waals surface area contributed by atoms with Crippen molar-refractivity contribution < 1.29 is 14.3 Å². The number of ether oxygens (including phenoxy) is 1. The molecule has 0 atom stereocenters. The molecule has 0 heterocycles.